The first-order valence-corrected chi connectivity index (χ1v) is 15.0. The van der Waals surface area contributed by atoms with Gasteiger partial charge in [-0.2, -0.15) is 0 Å². The minimum Gasteiger partial charge on any atom is -0.105 e. The molecule has 0 nitrogen and oxygen atoms in total. The maximum Gasteiger partial charge on any atom is -0.0103 e. The average molecular weight is 477 g/mol. The summed E-state index contributed by atoms with van der Waals surface area (Å²) < 4.78 is 0. The molecule has 0 saturated heterocycles. The third kappa shape index (κ3) is 5.33. The molecule has 2 aromatic carbocycles. The Hall–Kier alpha value is -1.13. The molecule has 2 aromatic rings. The predicted octanol–water partition coefficient (Wildman–Crippen LogP) is 10.3. The molecule has 2 fully saturated rings. The zero-order valence-electron chi connectivity index (χ0n) is 22.8. The monoisotopic (exact) mass is 476 g/mol. The van der Waals surface area contributed by atoms with Gasteiger partial charge >= 0.3 is 0 Å². The highest BCUT2D eigenvalue weighted by molar-refractivity contribution is 7.28. The second kappa shape index (κ2) is 11.3. The number of rotatable bonds is 6. The van der Waals surface area contributed by atoms with E-state index in [4.69, 9.17) is 0 Å². The van der Waals surface area contributed by atoms with Crippen LogP contribution in [0.1, 0.15) is 163 Å². The lowest BCUT2D eigenvalue weighted by molar-refractivity contribution is 0.420. The lowest BCUT2D eigenvalue weighted by atomic mass is 9.74. The molecule has 0 radical (unpaired) electrons. The van der Waals surface area contributed by atoms with Crippen molar-refractivity contribution in [2.45, 2.75) is 135 Å². The number of benzene rings is 2. The Kier molecular flexibility index (Phi) is 8.61. The highest BCUT2D eigenvalue weighted by Crippen LogP contribution is 2.45. The fourth-order valence-corrected chi connectivity index (χ4v) is 7.40. The van der Waals surface area contributed by atoms with Crippen LogP contribution in [-0.4, -0.2) is 0 Å². The summed E-state index contributed by atoms with van der Waals surface area (Å²) in [6.07, 6.45) is 14.0. The Labute approximate surface area is 212 Å². The Morgan fingerprint density at radius 3 is 1.62 bits per heavy atom. The molecule has 1 heteroatoms. The molecule has 0 N–H and O–H groups in total. The molecule has 0 spiro atoms. The molecule has 0 bridgehead atoms. The molecular formula is C33H49P. The van der Waals surface area contributed by atoms with Gasteiger partial charge in [-0.15, -0.1) is 9.24 Å². The second-order valence-corrected chi connectivity index (χ2v) is 12.8. The SMILES string of the molecule is CC(C)c1cc(C(C)C)c(-c2ccc(C3CCCCC3)c(C3CCCCC3)c2P)c(C(C)C)c1. The van der Waals surface area contributed by atoms with Gasteiger partial charge in [-0.1, -0.05) is 104 Å². The van der Waals surface area contributed by atoms with E-state index >= 15 is 0 Å². The largest absolute Gasteiger partial charge is 0.105 e. The van der Waals surface area contributed by atoms with E-state index in [1.165, 1.54) is 86.2 Å². The van der Waals surface area contributed by atoms with E-state index in [9.17, 15) is 0 Å². The normalized spacial score (nSPS) is 18.4. The van der Waals surface area contributed by atoms with Gasteiger partial charge in [-0.25, -0.2) is 0 Å². The summed E-state index contributed by atoms with van der Waals surface area (Å²) in [5.41, 5.74) is 11.0. The van der Waals surface area contributed by atoms with Crippen molar-refractivity contribution in [3.8, 4) is 11.1 Å². The number of hydrogen-bond acceptors (Lipinski definition) is 0. The Bertz CT molecular complexity index is 939. The predicted molar refractivity (Wildman–Crippen MR) is 155 cm³/mol. The quantitative estimate of drug-likeness (QED) is 0.364. The first-order valence-electron chi connectivity index (χ1n) is 14.4. The van der Waals surface area contributed by atoms with E-state index in [1.807, 2.05) is 0 Å². The van der Waals surface area contributed by atoms with Crippen molar-refractivity contribution in [3.63, 3.8) is 0 Å². The summed E-state index contributed by atoms with van der Waals surface area (Å²) in [7, 11) is 3.28. The lowest BCUT2D eigenvalue weighted by Gasteiger charge is -2.33. The molecule has 0 amide bonds. The van der Waals surface area contributed by atoms with Gasteiger partial charge in [0, 0.05) is 0 Å². The van der Waals surface area contributed by atoms with Crippen molar-refractivity contribution >= 4 is 14.5 Å². The molecule has 34 heavy (non-hydrogen) atoms. The second-order valence-electron chi connectivity index (χ2n) is 12.2. The van der Waals surface area contributed by atoms with Crippen molar-refractivity contribution in [3.05, 3.63) is 52.1 Å². The van der Waals surface area contributed by atoms with E-state index in [0.29, 0.717) is 17.8 Å². The summed E-state index contributed by atoms with van der Waals surface area (Å²) in [5.74, 6) is 3.12. The molecule has 2 saturated carbocycles. The van der Waals surface area contributed by atoms with E-state index in [1.54, 1.807) is 22.3 Å². The zero-order valence-corrected chi connectivity index (χ0v) is 24.0. The summed E-state index contributed by atoms with van der Waals surface area (Å²) in [6, 6.07) is 10.1. The molecule has 0 aliphatic heterocycles. The standard InChI is InChI=1S/C33H49P/c1-21(2)26-19-29(22(3)4)32(30(20-26)23(5)6)28-18-17-27(24-13-9-7-10-14-24)31(33(28)34)25-15-11-8-12-16-25/h17-25H,7-16,34H2,1-6H3. The molecule has 0 aromatic heterocycles. The first kappa shape index (κ1) is 25.9. The molecule has 0 heterocycles. The molecule has 1 atom stereocenters. The third-order valence-electron chi connectivity index (χ3n) is 8.78. The van der Waals surface area contributed by atoms with Gasteiger partial charge < -0.3 is 0 Å². The third-order valence-corrected chi connectivity index (χ3v) is 9.40. The van der Waals surface area contributed by atoms with Crippen molar-refractivity contribution in [1.82, 2.24) is 0 Å². The van der Waals surface area contributed by atoms with Crippen LogP contribution in [0.25, 0.3) is 11.1 Å². The average Bonchev–Trinajstić information content (AvgIpc) is 2.84. The Balaban J connectivity index is 1.94. The van der Waals surface area contributed by atoms with E-state index < -0.39 is 0 Å². The number of hydrogen-bond donors (Lipinski definition) is 0. The first-order chi connectivity index (χ1) is 16.3. The summed E-state index contributed by atoms with van der Waals surface area (Å²) in [5, 5.41) is 1.52. The minimum absolute atomic E-state index is 0.520. The van der Waals surface area contributed by atoms with Crippen LogP contribution in [0.2, 0.25) is 0 Å². The van der Waals surface area contributed by atoms with Gasteiger partial charge in [0.05, 0.1) is 0 Å². The fourth-order valence-electron chi connectivity index (χ4n) is 6.75. The van der Waals surface area contributed by atoms with Crippen LogP contribution >= 0.6 is 9.24 Å². The van der Waals surface area contributed by atoms with E-state index in [2.05, 4.69) is 75.0 Å². The van der Waals surface area contributed by atoms with Gasteiger partial charge in [0.15, 0.2) is 0 Å². The van der Waals surface area contributed by atoms with Gasteiger partial charge in [-0.3, -0.25) is 0 Å². The van der Waals surface area contributed by atoms with Crippen molar-refractivity contribution in [1.29, 1.82) is 0 Å². The molecule has 1 unspecified atom stereocenters. The fraction of sp³-hybridized carbons (Fsp3) is 0.636. The summed E-state index contributed by atoms with van der Waals surface area (Å²) in [4.78, 5) is 0. The van der Waals surface area contributed by atoms with Crippen LogP contribution in [0.15, 0.2) is 24.3 Å². The Morgan fingerprint density at radius 1 is 0.647 bits per heavy atom. The van der Waals surface area contributed by atoms with Gasteiger partial charge in [0.25, 0.3) is 0 Å². The highest BCUT2D eigenvalue weighted by atomic mass is 31.0. The Morgan fingerprint density at radius 2 is 1.15 bits per heavy atom. The summed E-state index contributed by atoms with van der Waals surface area (Å²) >= 11 is 0. The summed E-state index contributed by atoms with van der Waals surface area (Å²) in [6.45, 7) is 14.2. The van der Waals surface area contributed by atoms with Gasteiger partial charge in [0.2, 0.25) is 0 Å². The van der Waals surface area contributed by atoms with E-state index in [0.717, 1.165) is 11.8 Å². The highest BCUT2D eigenvalue weighted by Gasteiger charge is 2.28. The van der Waals surface area contributed by atoms with Crippen LogP contribution in [0.3, 0.4) is 0 Å². The molecule has 2 aliphatic carbocycles. The van der Waals surface area contributed by atoms with Crippen molar-refractivity contribution < 1.29 is 0 Å². The maximum absolute atomic E-state index is 3.28. The maximum atomic E-state index is 3.28. The molecule has 4 rings (SSSR count). The van der Waals surface area contributed by atoms with Crippen LogP contribution in [-0.2, 0) is 0 Å². The smallest absolute Gasteiger partial charge is 0.0103 e. The van der Waals surface area contributed by atoms with Gasteiger partial charge in [-0.05, 0) is 99.5 Å². The molecule has 186 valence electrons. The minimum atomic E-state index is 0.520. The molecule has 2 aliphatic rings. The van der Waals surface area contributed by atoms with Crippen LogP contribution in [0.4, 0.5) is 0 Å². The topological polar surface area (TPSA) is 0 Å². The zero-order chi connectivity index (χ0) is 24.4. The van der Waals surface area contributed by atoms with Crippen LogP contribution in [0.5, 0.6) is 0 Å². The van der Waals surface area contributed by atoms with E-state index in [-0.39, 0.29) is 0 Å². The van der Waals surface area contributed by atoms with Gasteiger partial charge in [0.1, 0.15) is 0 Å². The van der Waals surface area contributed by atoms with Crippen molar-refractivity contribution in [2.24, 2.45) is 0 Å². The van der Waals surface area contributed by atoms with Crippen LogP contribution < -0.4 is 5.30 Å². The van der Waals surface area contributed by atoms with Crippen LogP contribution in [0, 0.1) is 0 Å². The van der Waals surface area contributed by atoms with Crippen molar-refractivity contribution in [2.75, 3.05) is 0 Å². The molecular weight excluding hydrogens is 427 g/mol. The lowest BCUT2D eigenvalue weighted by Crippen LogP contribution is -2.20.